The zero-order valence-corrected chi connectivity index (χ0v) is 20.7. The molecule has 0 unspecified atom stereocenters. The van der Waals surface area contributed by atoms with E-state index in [0.717, 1.165) is 61.3 Å². The minimum atomic E-state index is -0.802. The molecule has 4 aromatic heterocycles. The molecule has 3 N–H and O–H groups in total. The molecular formula is C27H28F2N8. The molecule has 0 aromatic carbocycles. The van der Waals surface area contributed by atoms with Crippen molar-refractivity contribution >= 4 is 28.4 Å². The van der Waals surface area contributed by atoms with Crippen LogP contribution in [0.1, 0.15) is 44.6 Å². The molecule has 0 amide bonds. The minimum Gasteiger partial charge on any atom is -0.366 e. The lowest BCUT2D eigenvalue weighted by molar-refractivity contribution is 0.236. The van der Waals surface area contributed by atoms with Crippen molar-refractivity contribution in [1.82, 2.24) is 30.2 Å². The van der Waals surface area contributed by atoms with Crippen molar-refractivity contribution in [3.8, 4) is 11.4 Å². The molecule has 6 rings (SSSR count). The van der Waals surface area contributed by atoms with Crippen molar-refractivity contribution in [2.75, 3.05) is 23.7 Å². The van der Waals surface area contributed by atoms with Gasteiger partial charge in [0.25, 0.3) is 0 Å². The van der Waals surface area contributed by atoms with Gasteiger partial charge in [-0.1, -0.05) is 13.8 Å². The molecule has 1 saturated heterocycles. The second-order valence-corrected chi connectivity index (χ2v) is 10.5. The van der Waals surface area contributed by atoms with E-state index in [9.17, 15) is 8.78 Å². The average molecular weight is 503 g/mol. The molecule has 1 aliphatic carbocycles. The first-order valence-corrected chi connectivity index (χ1v) is 12.5. The van der Waals surface area contributed by atoms with Crippen molar-refractivity contribution in [1.29, 1.82) is 0 Å². The highest BCUT2D eigenvalue weighted by molar-refractivity contribution is 5.93. The molecule has 2 fully saturated rings. The SMILES string of the molecule is CC1(C)CNCC[C@@H]1Nc1nc(-c2ccnc(Nc3ncc(F)cc3F)c2)nc2cncc(C3CC3)c12. The van der Waals surface area contributed by atoms with Gasteiger partial charge in [0.2, 0.25) is 0 Å². The van der Waals surface area contributed by atoms with Gasteiger partial charge in [-0.05, 0) is 54.8 Å². The van der Waals surface area contributed by atoms with Gasteiger partial charge < -0.3 is 16.0 Å². The van der Waals surface area contributed by atoms with Crippen LogP contribution in [-0.4, -0.2) is 44.1 Å². The van der Waals surface area contributed by atoms with E-state index in [1.54, 1.807) is 24.5 Å². The van der Waals surface area contributed by atoms with Gasteiger partial charge in [-0.25, -0.2) is 28.7 Å². The van der Waals surface area contributed by atoms with E-state index >= 15 is 0 Å². The topological polar surface area (TPSA) is 101 Å². The van der Waals surface area contributed by atoms with Crippen LogP contribution in [0.2, 0.25) is 0 Å². The van der Waals surface area contributed by atoms with Crippen LogP contribution in [0.5, 0.6) is 0 Å². The summed E-state index contributed by atoms with van der Waals surface area (Å²) in [7, 11) is 0. The molecule has 1 aliphatic heterocycles. The van der Waals surface area contributed by atoms with Crippen LogP contribution >= 0.6 is 0 Å². The number of hydrogen-bond acceptors (Lipinski definition) is 8. The van der Waals surface area contributed by atoms with Crippen molar-refractivity contribution in [3.05, 3.63) is 60.2 Å². The molecule has 190 valence electrons. The fourth-order valence-corrected chi connectivity index (χ4v) is 4.92. The first kappa shape index (κ1) is 23.6. The average Bonchev–Trinajstić information content (AvgIpc) is 3.72. The molecule has 5 heterocycles. The Kier molecular flexibility index (Phi) is 5.91. The van der Waals surface area contributed by atoms with Crippen molar-refractivity contribution in [3.63, 3.8) is 0 Å². The molecule has 2 aliphatic rings. The Labute approximate surface area is 213 Å². The monoisotopic (exact) mass is 502 g/mol. The first-order chi connectivity index (χ1) is 17.9. The van der Waals surface area contributed by atoms with Gasteiger partial charge in [0.1, 0.15) is 17.5 Å². The molecule has 8 nitrogen and oxygen atoms in total. The zero-order chi connectivity index (χ0) is 25.6. The van der Waals surface area contributed by atoms with Gasteiger partial charge in [-0.2, -0.15) is 0 Å². The molecule has 0 bridgehead atoms. The van der Waals surface area contributed by atoms with Gasteiger partial charge in [-0.3, -0.25) is 4.98 Å². The number of fused-ring (bicyclic) bond motifs is 1. The molecule has 0 radical (unpaired) electrons. The van der Waals surface area contributed by atoms with Crippen LogP contribution in [0.4, 0.5) is 26.2 Å². The summed E-state index contributed by atoms with van der Waals surface area (Å²) in [5, 5.41) is 11.1. The van der Waals surface area contributed by atoms with Gasteiger partial charge in [0.15, 0.2) is 17.5 Å². The van der Waals surface area contributed by atoms with Crippen LogP contribution in [0.25, 0.3) is 22.3 Å². The molecular weight excluding hydrogens is 474 g/mol. The Balaban J connectivity index is 1.41. The summed E-state index contributed by atoms with van der Waals surface area (Å²) >= 11 is 0. The van der Waals surface area contributed by atoms with Gasteiger partial charge in [0, 0.05) is 42.0 Å². The first-order valence-electron chi connectivity index (χ1n) is 12.5. The van der Waals surface area contributed by atoms with Crippen molar-refractivity contribution in [2.45, 2.75) is 45.1 Å². The summed E-state index contributed by atoms with van der Waals surface area (Å²) in [6, 6.07) is 4.54. The maximum atomic E-state index is 14.1. The Morgan fingerprint density at radius 2 is 1.86 bits per heavy atom. The Hall–Kier alpha value is -3.79. The van der Waals surface area contributed by atoms with Crippen LogP contribution in [0.15, 0.2) is 43.0 Å². The number of piperidine rings is 1. The Bertz CT molecular complexity index is 1470. The largest absolute Gasteiger partial charge is 0.366 e. The Morgan fingerprint density at radius 1 is 1.00 bits per heavy atom. The van der Waals surface area contributed by atoms with Crippen LogP contribution in [-0.2, 0) is 0 Å². The van der Waals surface area contributed by atoms with E-state index < -0.39 is 11.6 Å². The fourth-order valence-electron chi connectivity index (χ4n) is 4.92. The van der Waals surface area contributed by atoms with Gasteiger partial charge in [0.05, 0.1) is 17.9 Å². The smallest absolute Gasteiger partial charge is 0.168 e. The lowest BCUT2D eigenvalue weighted by atomic mass is 9.80. The number of hydrogen-bond donors (Lipinski definition) is 3. The summed E-state index contributed by atoms with van der Waals surface area (Å²) in [6.45, 7) is 6.38. The summed E-state index contributed by atoms with van der Waals surface area (Å²) in [4.78, 5) is 22.4. The number of nitrogens with one attached hydrogen (secondary N) is 3. The van der Waals surface area contributed by atoms with Crippen LogP contribution in [0.3, 0.4) is 0 Å². The number of pyridine rings is 3. The van der Waals surface area contributed by atoms with E-state index in [0.29, 0.717) is 23.1 Å². The summed E-state index contributed by atoms with van der Waals surface area (Å²) in [6.07, 6.45) is 9.55. The zero-order valence-electron chi connectivity index (χ0n) is 20.7. The molecule has 10 heteroatoms. The summed E-state index contributed by atoms with van der Waals surface area (Å²) < 4.78 is 27.4. The predicted molar refractivity (Wildman–Crippen MR) is 139 cm³/mol. The highest BCUT2D eigenvalue weighted by atomic mass is 19.1. The third kappa shape index (κ3) is 4.81. The highest BCUT2D eigenvalue weighted by Gasteiger charge is 2.34. The number of rotatable bonds is 6. The minimum absolute atomic E-state index is 0.0441. The second kappa shape index (κ2) is 9.26. The molecule has 0 spiro atoms. The summed E-state index contributed by atoms with van der Waals surface area (Å²) in [5.74, 6) is 0.491. The standard InChI is InChI=1S/C27H28F2N8/c1-27(2)14-30-7-6-21(27)35-26-23-18(15-3-4-15)12-31-13-20(23)34-24(37-26)16-5-8-32-22(9-16)36-25-19(29)10-17(28)11-33-25/h5,8-13,15,21,30H,3-4,6-7,14H2,1-2H3,(H,32,33,36)(H,34,35,37)/t21-/m0/s1. The van der Waals surface area contributed by atoms with E-state index in [4.69, 9.17) is 9.97 Å². The lowest BCUT2D eigenvalue weighted by Crippen LogP contribution is -2.49. The number of nitrogens with zero attached hydrogens (tertiary/aromatic N) is 5. The molecule has 1 saturated carbocycles. The fraction of sp³-hybridized carbons (Fsp3) is 0.370. The molecule has 4 aromatic rings. The van der Waals surface area contributed by atoms with E-state index in [-0.39, 0.29) is 17.3 Å². The van der Waals surface area contributed by atoms with Crippen molar-refractivity contribution in [2.24, 2.45) is 5.41 Å². The van der Waals surface area contributed by atoms with E-state index in [2.05, 4.69) is 44.7 Å². The third-order valence-corrected chi connectivity index (χ3v) is 7.17. The highest BCUT2D eigenvalue weighted by Crippen LogP contribution is 2.44. The van der Waals surface area contributed by atoms with Crippen molar-refractivity contribution < 1.29 is 8.78 Å². The summed E-state index contributed by atoms with van der Waals surface area (Å²) in [5.41, 5.74) is 2.71. The van der Waals surface area contributed by atoms with E-state index in [1.807, 2.05) is 6.20 Å². The number of aromatic nitrogens is 5. The second-order valence-electron chi connectivity index (χ2n) is 10.5. The van der Waals surface area contributed by atoms with E-state index in [1.165, 1.54) is 5.56 Å². The van der Waals surface area contributed by atoms with Crippen LogP contribution < -0.4 is 16.0 Å². The quantitative estimate of drug-likeness (QED) is 0.332. The van der Waals surface area contributed by atoms with Crippen LogP contribution in [0, 0.1) is 17.0 Å². The molecule has 1 atom stereocenters. The predicted octanol–water partition coefficient (Wildman–Crippen LogP) is 5.18. The van der Waals surface area contributed by atoms with Gasteiger partial charge >= 0.3 is 0 Å². The van der Waals surface area contributed by atoms with Gasteiger partial charge in [-0.15, -0.1) is 0 Å². The normalized spacial score (nSPS) is 19.1. The number of halogens is 2. The maximum Gasteiger partial charge on any atom is 0.168 e. The lowest BCUT2D eigenvalue weighted by Gasteiger charge is -2.40. The third-order valence-electron chi connectivity index (χ3n) is 7.17. The maximum absolute atomic E-state index is 14.1. The number of anilines is 3. The molecule has 37 heavy (non-hydrogen) atoms. The Morgan fingerprint density at radius 3 is 2.65 bits per heavy atom.